The largest absolute Gasteiger partial charge is 0.490 e. The van der Waals surface area contributed by atoms with Gasteiger partial charge in [0.05, 0.1) is 0 Å². The predicted molar refractivity (Wildman–Crippen MR) is 73.5 cm³/mol. The Kier molecular flexibility index (Phi) is 4.10. The summed E-state index contributed by atoms with van der Waals surface area (Å²) in [5, 5.41) is 12.3. The minimum absolute atomic E-state index is 0.0313. The third-order valence-electron chi connectivity index (χ3n) is 4.00. The molecule has 0 amide bonds. The van der Waals surface area contributed by atoms with Crippen LogP contribution >= 0.6 is 0 Å². The first-order valence-electron chi connectivity index (χ1n) is 6.78. The van der Waals surface area contributed by atoms with E-state index in [1.54, 1.807) is 7.05 Å². The number of aryl methyl sites for hydroxylation is 1. The van der Waals surface area contributed by atoms with Gasteiger partial charge in [0, 0.05) is 6.42 Å². The smallest absolute Gasteiger partial charge is 0.324 e. The fourth-order valence-corrected chi connectivity index (χ4v) is 2.72. The minimum Gasteiger partial charge on any atom is -0.490 e. The van der Waals surface area contributed by atoms with Crippen LogP contribution in [0.1, 0.15) is 31.7 Å². The first-order valence-corrected chi connectivity index (χ1v) is 6.78. The molecule has 2 unspecified atom stereocenters. The normalized spacial score (nSPS) is 26.3. The lowest BCUT2D eigenvalue weighted by atomic mass is 9.98. The molecule has 1 aliphatic rings. The fraction of sp³-hybridized carbons (Fsp3) is 0.533. The molecule has 4 nitrogen and oxygen atoms in total. The third-order valence-corrected chi connectivity index (χ3v) is 4.00. The number of rotatable bonds is 5. The van der Waals surface area contributed by atoms with E-state index in [0.29, 0.717) is 12.8 Å². The summed E-state index contributed by atoms with van der Waals surface area (Å²) in [5.41, 5.74) is 0.339. The van der Waals surface area contributed by atoms with Gasteiger partial charge in [0.25, 0.3) is 0 Å². The summed E-state index contributed by atoms with van der Waals surface area (Å²) in [6, 6.07) is 7.95. The van der Waals surface area contributed by atoms with Crippen molar-refractivity contribution < 1.29 is 14.6 Å². The molecule has 2 atom stereocenters. The highest BCUT2D eigenvalue weighted by atomic mass is 16.5. The van der Waals surface area contributed by atoms with Crippen LogP contribution < -0.4 is 10.1 Å². The van der Waals surface area contributed by atoms with Crippen LogP contribution in [-0.2, 0) is 11.2 Å². The number of aliphatic carboxylic acids is 1. The molecule has 1 aromatic rings. The van der Waals surface area contributed by atoms with Crippen molar-refractivity contribution in [2.45, 2.75) is 44.2 Å². The molecule has 1 fully saturated rings. The number of benzene rings is 1. The molecule has 0 bridgehead atoms. The summed E-state index contributed by atoms with van der Waals surface area (Å²) in [7, 11) is 1.70. The van der Waals surface area contributed by atoms with Gasteiger partial charge in [-0.15, -0.1) is 0 Å². The number of likely N-dealkylation sites (N-methyl/N-ethyl adjacent to an activating group) is 1. The summed E-state index contributed by atoms with van der Waals surface area (Å²) in [6.07, 6.45) is 2.77. The first kappa shape index (κ1) is 13.9. The quantitative estimate of drug-likeness (QED) is 0.855. The van der Waals surface area contributed by atoms with Crippen molar-refractivity contribution in [1.82, 2.24) is 5.32 Å². The molecular weight excluding hydrogens is 242 g/mol. The van der Waals surface area contributed by atoms with Gasteiger partial charge in [0.1, 0.15) is 17.4 Å². The Morgan fingerprint density at radius 2 is 2.26 bits per heavy atom. The van der Waals surface area contributed by atoms with Gasteiger partial charge in [-0.3, -0.25) is 4.79 Å². The van der Waals surface area contributed by atoms with Crippen LogP contribution in [0, 0.1) is 0 Å². The van der Waals surface area contributed by atoms with Crippen molar-refractivity contribution in [1.29, 1.82) is 0 Å². The molecule has 0 saturated heterocycles. The maximum Gasteiger partial charge on any atom is 0.324 e. The lowest BCUT2D eigenvalue weighted by Gasteiger charge is -2.23. The fourth-order valence-electron chi connectivity index (χ4n) is 2.72. The van der Waals surface area contributed by atoms with Crippen molar-refractivity contribution >= 4 is 5.97 Å². The Morgan fingerprint density at radius 3 is 2.84 bits per heavy atom. The molecule has 0 radical (unpaired) electrons. The maximum atomic E-state index is 11.4. The summed E-state index contributed by atoms with van der Waals surface area (Å²) in [6.45, 7) is 2.09. The van der Waals surface area contributed by atoms with Gasteiger partial charge in [-0.2, -0.15) is 0 Å². The van der Waals surface area contributed by atoms with Gasteiger partial charge in [0.2, 0.25) is 0 Å². The average Bonchev–Trinajstić information content (AvgIpc) is 2.84. The Morgan fingerprint density at radius 1 is 1.53 bits per heavy atom. The van der Waals surface area contributed by atoms with Crippen LogP contribution in [0.5, 0.6) is 5.75 Å². The van der Waals surface area contributed by atoms with E-state index in [0.717, 1.165) is 18.6 Å². The Labute approximate surface area is 113 Å². The van der Waals surface area contributed by atoms with E-state index in [9.17, 15) is 9.90 Å². The zero-order valence-corrected chi connectivity index (χ0v) is 11.5. The molecule has 104 valence electrons. The monoisotopic (exact) mass is 263 g/mol. The number of hydrogen-bond acceptors (Lipinski definition) is 3. The van der Waals surface area contributed by atoms with Crippen LogP contribution in [0.15, 0.2) is 24.3 Å². The number of carboxylic acids is 1. The molecule has 1 aliphatic carbocycles. The Bertz CT molecular complexity index is 460. The molecule has 2 N–H and O–H groups in total. The van der Waals surface area contributed by atoms with Crippen molar-refractivity contribution in [2.24, 2.45) is 0 Å². The van der Waals surface area contributed by atoms with E-state index >= 15 is 0 Å². The lowest BCUT2D eigenvalue weighted by Crippen LogP contribution is -2.48. The van der Waals surface area contributed by atoms with Crippen molar-refractivity contribution in [3.05, 3.63) is 29.8 Å². The van der Waals surface area contributed by atoms with Crippen LogP contribution in [0.3, 0.4) is 0 Å². The van der Waals surface area contributed by atoms with E-state index in [2.05, 4.69) is 12.2 Å². The summed E-state index contributed by atoms with van der Waals surface area (Å²) < 4.78 is 6.00. The number of hydrogen-bond donors (Lipinski definition) is 2. The molecular formula is C15H21NO3. The van der Waals surface area contributed by atoms with Crippen molar-refractivity contribution in [2.75, 3.05) is 7.05 Å². The van der Waals surface area contributed by atoms with E-state index in [1.807, 2.05) is 24.3 Å². The molecule has 19 heavy (non-hydrogen) atoms. The number of carboxylic acid groups (broad SMARTS) is 1. The lowest BCUT2D eigenvalue weighted by molar-refractivity contribution is -0.144. The Balaban J connectivity index is 2.08. The molecule has 1 aromatic carbocycles. The highest BCUT2D eigenvalue weighted by Crippen LogP contribution is 2.33. The van der Waals surface area contributed by atoms with Crippen molar-refractivity contribution in [3.8, 4) is 5.75 Å². The van der Waals surface area contributed by atoms with Crippen LogP contribution in [0.4, 0.5) is 0 Å². The second-order valence-electron chi connectivity index (χ2n) is 5.08. The van der Waals surface area contributed by atoms with E-state index < -0.39 is 11.5 Å². The molecule has 4 heteroatoms. The number of nitrogens with one attached hydrogen (secondary N) is 1. The Hall–Kier alpha value is -1.55. The van der Waals surface area contributed by atoms with Gasteiger partial charge < -0.3 is 15.2 Å². The summed E-state index contributed by atoms with van der Waals surface area (Å²) >= 11 is 0. The SMILES string of the molecule is CCc1ccccc1OC1CCC(NC)(C(=O)O)C1. The zero-order valence-electron chi connectivity index (χ0n) is 11.5. The number of para-hydroxylation sites is 1. The van der Waals surface area contributed by atoms with Crippen LogP contribution in [-0.4, -0.2) is 29.8 Å². The topological polar surface area (TPSA) is 58.6 Å². The molecule has 1 saturated carbocycles. The second kappa shape index (κ2) is 5.61. The van der Waals surface area contributed by atoms with Gasteiger partial charge in [-0.25, -0.2) is 0 Å². The van der Waals surface area contributed by atoms with Crippen LogP contribution in [0.25, 0.3) is 0 Å². The van der Waals surface area contributed by atoms with E-state index in [-0.39, 0.29) is 6.10 Å². The van der Waals surface area contributed by atoms with Gasteiger partial charge in [0.15, 0.2) is 0 Å². The standard InChI is InChI=1S/C15H21NO3/c1-3-11-6-4-5-7-13(11)19-12-8-9-15(10-12,16-2)14(17)18/h4-7,12,16H,3,8-10H2,1-2H3,(H,17,18). The summed E-state index contributed by atoms with van der Waals surface area (Å²) in [4.78, 5) is 11.4. The van der Waals surface area contributed by atoms with Crippen molar-refractivity contribution in [3.63, 3.8) is 0 Å². The average molecular weight is 263 g/mol. The minimum atomic E-state index is -0.828. The first-order chi connectivity index (χ1) is 9.11. The molecule has 2 rings (SSSR count). The maximum absolute atomic E-state index is 11.4. The summed E-state index contributed by atoms with van der Waals surface area (Å²) in [5.74, 6) is 0.0946. The highest BCUT2D eigenvalue weighted by molar-refractivity contribution is 5.79. The zero-order chi connectivity index (χ0) is 13.9. The number of ether oxygens (including phenoxy) is 1. The van der Waals surface area contributed by atoms with Gasteiger partial charge >= 0.3 is 5.97 Å². The molecule has 0 heterocycles. The van der Waals surface area contributed by atoms with Gasteiger partial charge in [-0.1, -0.05) is 25.1 Å². The predicted octanol–water partition coefficient (Wildman–Crippen LogP) is 2.22. The van der Waals surface area contributed by atoms with Gasteiger partial charge in [-0.05, 0) is 37.9 Å². The number of carbonyl (C=O) groups is 1. The van der Waals surface area contributed by atoms with E-state index in [4.69, 9.17) is 4.74 Å². The van der Waals surface area contributed by atoms with E-state index in [1.165, 1.54) is 5.56 Å². The molecule has 0 spiro atoms. The highest BCUT2D eigenvalue weighted by Gasteiger charge is 2.45. The van der Waals surface area contributed by atoms with Crippen LogP contribution in [0.2, 0.25) is 0 Å². The third kappa shape index (κ3) is 2.73. The second-order valence-corrected chi connectivity index (χ2v) is 5.08. The molecule has 0 aromatic heterocycles. The molecule has 0 aliphatic heterocycles.